The van der Waals surface area contributed by atoms with Gasteiger partial charge in [-0.05, 0) is 56.3 Å². The first kappa shape index (κ1) is 25.2. The summed E-state index contributed by atoms with van der Waals surface area (Å²) in [7, 11) is 0. The zero-order valence-electron chi connectivity index (χ0n) is 17.5. The maximum absolute atomic E-state index is 12.9. The van der Waals surface area contributed by atoms with E-state index in [1.165, 1.54) is 12.8 Å². The molecule has 170 valence electrons. The number of aromatic nitrogens is 2. The van der Waals surface area contributed by atoms with Crippen LogP contribution in [0.3, 0.4) is 0 Å². The molecule has 4 rings (SSSR count). The second-order valence-electron chi connectivity index (χ2n) is 8.10. The van der Waals surface area contributed by atoms with Crippen molar-refractivity contribution in [1.82, 2.24) is 19.8 Å². The molecule has 2 fully saturated rings. The molecule has 1 aromatic heterocycles. The topological polar surface area (TPSA) is 79.3 Å². The molecule has 9 heteroatoms. The van der Waals surface area contributed by atoms with Gasteiger partial charge in [0.2, 0.25) is 5.91 Å². The van der Waals surface area contributed by atoms with Gasteiger partial charge in [-0.3, -0.25) is 9.59 Å². The van der Waals surface area contributed by atoms with Gasteiger partial charge in [-0.15, -0.1) is 24.8 Å². The van der Waals surface area contributed by atoms with Gasteiger partial charge in [0.25, 0.3) is 5.91 Å². The number of carbonyl (C=O) groups is 2. The Hall–Kier alpha value is -2.09. The number of aryl methyl sites for hydroxylation is 1. The van der Waals surface area contributed by atoms with Crippen molar-refractivity contribution in [2.24, 2.45) is 5.92 Å². The van der Waals surface area contributed by atoms with Crippen LogP contribution >= 0.6 is 24.8 Å². The van der Waals surface area contributed by atoms with Crippen molar-refractivity contribution >= 4 is 42.3 Å². The number of benzene rings is 1. The van der Waals surface area contributed by atoms with Crippen LogP contribution in [0.15, 0.2) is 43.0 Å². The van der Waals surface area contributed by atoms with Gasteiger partial charge in [-0.1, -0.05) is 6.07 Å². The van der Waals surface area contributed by atoms with Gasteiger partial charge >= 0.3 is 0 Å². The highest BCUT2D eigenvalue weighted by atomic mass is 35.5. The first-order valence-electron chi connectivity index (χ1n) is 10.6. The van der Waals surface area contributed by atoms with Crippen molar-refractivity contribution < 1.29 is 9.59 Å². The molecule has 0 atom stereocenters. The van der Waals surface area contributed by atoms with Crippen LogP contribution in [-0.4, -0.2) is 51.9 Å². The highest BCUT2D eigenvalue weighted by Crippen LogP contribution is 2.28. The lowest BCUT2D eigenvalue weighted by molar-refractivity contribution is -0.116. The Labute approximate surface area is 195 Å². The van der Waals surface area contributed by atoms with Gasteiger partial charge in [0.15, 0.2) is 0 Å². The molecule has 1 saturated heterocycles. The number of likely N-dealkylation sites (tertiary alicyclic amines) is 1. The number of anilines is 1. The number of piperidine rings is 1. The standard InChI is InChI=1S/C22H29N5O2.2ClH/c28-21(8-10-26-13-9-23-16-26)25-20-3-1-2-18(14-20)22(29)27-11-6-19(7-12-27)24-15-17-4-5-17;;/h1-3,9,13-14,16-17,19,24H,4-8,10-12,15H2,(H,25,28);2*1H. The van der Waals surface area contributed by atoms with Crippen LogP contribution < -0.4 is 10.6 Å². The summed E-state index contributed by atoms with van der Waals surface area (Å²) in [5, 5.41) is 6.53. The highest BCUT2D eigenvalue weighted by Gasteiger charge is 2.26. The smallest absolute Gasteiger partial charge is 0.253 e. The second kappa shape index (κ2) is 12.1. The third-order valence-electron chi connectivity index (χ3n) is 5.72. The van der Waals surface area contributed by atoms with E-state index in [0.29, 0.717) is 30.3 Å². The zero-order chi connectivity index (χ0) is 20.1. The Morgan fingerprint density at radius 2 is 1.87 bits per heavy atom. The molecule has 31 heavy (non-hydrogen) atoms. The average molecular weight is 468 g/mol. The molecule has 7 nitrogen and oxygen atoms in total. The summed E-state index contributed by atoms with van der Waals surface area (Å²) in [5.74, 6) is 0.846. The Bertz CT molecular complexity index is 834. The van der Waals surface area contributed by atoms with E-state index >= 15 is 0 Å². The van der Waals surface area contributed by atoms with E-state index in [9.17, 15) is 9.59 Å². The SMILES string of the molecule is Cl.Cl.O=C(CCn1ccnc1)Nc1cccc(C(=O)N2CCC(NCC3CC3)CC2)c1. The molecule has 2 heterocycles. The molecule has 2 aromatic rings. The van der Waals surface area contributed by atoms with E-state index in [2.05, 4.69) is 15.6 Å². The summed E-state index contributed by atoms with van der Waals surface area (Å²) in [6, 6.07) is 7.76. The Kier molecular flexibility index (Phi) is 9.81. The molecule has 2 aliphatic rings. The first-order valence-corrected chi connectivity index (χ1v) is 10.6. The van der Waals surface area contributed by atoms with Crippen LogP contribution in [0.25, 0.3) is 0 Å². The van der Waals surface area contributed by atoms with Crippen LogP contribution in [0, 0.1) is 5.92 Å². The van der Waals surface area contributed by atoms with E-state index in [1.807, 2.05) is 33.9 Å². The minimum Gasteiger partial charge on any atom is -0.339 e. The van der Waals surface area contributed by atoms with E-state index in [4.69, 9.17) is 0 Å². The van der Waals surface area contributed by atoms with Gasteiger partial charge in [0.05, 0.1) is 6.33 Å². The number of halogens is 2. The van der Waals surface area contributed by atoms with Gasteiger partial charge in [-0.25, -0.2) is 4.98 Å². The van der Waals surface area contributed by atoms with Crippen LogP contribution in [0.5, 0.6) is 0 Å². The number of rotatable bonds is 8. The first-order chi connectivity index (χ1) is 14.2. The van der Waals surface area contributed by atoms with E-state index in [0.717, 1.165) is 38.4 Å². The van der Waals surface area contributed by atoms with Gasteiger partial charge in [0.1, 0.15) is 0 Å². The number of amides is 2. The maximum Gasteiger partial charge on any atom is 0.253 e. The summed E-state index contributed by atoms with van der Waals surface area (Å²) in [5.41, 5.74) is 1.29. The zero-order valence-corrected chi connectivity index (χ0v) is 19.2. The maximum atomic E-state index is 12.9. The lowest BCUT2D eigenvalue weighted by atomic mass is 10.0. The molecule has 1 aliphatic carbocycles. The molecule has 2 amide bonds. The van der Waals surface area contributed by atoms with E-state index in [1.54, 1.807) is 18.6 Å². The third-order valence-corrected chi connectivity index (χ3v) is 5.72. The van der Waals surface area contributed by atoms with Crippen molar-refractivity contribution in [1.29, 1.82) is 0 Å². The summed E-state index contributed by atoms with van der Waals surface area (Å²) in [6.45, 7) is 3.26. The molecule has 0 bridgehead atoms. The molecule has 1 aromatic carbocycles. The molecular weight excluding hydrogens is 437 g/mol. The minimum absolute atomic E-state index is 0. The van der Waals surface area contributed by atoms with Crippen LogP contribution in [-0.2, 0) is 11.3 Å². The van der Waals surface area contributed by atoms with Crippen LogP contribution in [0.1, 0.15) is 42.5 Å². The lowest BCUT2D eigenvalue weighted by Crippen LogP contribution is -2.45. The van der Waals surface area contributed by atoms with Gasteiger partial charge in [0, 0.05) is 55.7 Å². The van der Waals surface area contributed by atoms with Crippen molar-refractivity contribution in [2.75, 3.05) is 25.0 Å². The fourth-order valence-electron chi connectivity index (χ4n) is 3.73. The van der Waals surface area contributed by atoms with E-state index < -0.39 is 0 Å². The highest BCUT2D eigenvalue weighted by molar-refractivity contribution is 5.97. The van der Waals surface area contributed by atoms with Crippen molar-refractivity contribution in [3.05, 3.63) is 48.5 Å². The van der Waals surface area contributed by atoms with Crippen molar-refractivity contribution in [3.63, 3.8) is 0 Å². The lowest BCUT2D eigenvalue weighted by Gasteiger charge is -2.32. The quantitative estimate of drug-likeness (QED) is 0.623. The molecule has 0 spiro atoms. The Balaban J connectivity index is 0.00000171. The largest absolute Gasteiger partial charge is 0.339 e. The summed E-state index contributed by atoms with van der Waals surface area (Å²) < 4.78 is 1.86. The second-order valence-corrected chi connectivity index (χ2v) is 8.10. The summed E-state index contributed by atoms with van der Waals surface area (Å²) in [4.78, 5) is 31.0. The molecular formula is C22H31Cl2N5O2. The number of nitrogens with one attached hydrogen (secondary N) is 2. The number of hydrogen-bond donors (Lipinski definition) is 2. The number of carbonyl (C=O) groups excluding carboxylic acids is 2. The molecule has 1 aliphatic heterocycles. The summed E-state index contributed by atoms with van der Waals surface area (Å²) >= 11 is 0. The van der Waals surface area contributed by atoms with Gasteiger partial charge < -0.3 is 20.1 Å². The van der Waals surface area contributed by atoms with Crippen LogP contribution in [0.4, 0.5) is 5.69 Å². The molecule has 2 N–H and O–H groups in total. The number of imidazole rings is 1. The molecule has 0 radical (unpaired) electrons. The Morgan fingerprint density at radius 3 is 2.55 bits per heavy atom. The molecule has 1 saturated carbocycles. The predicted octanol–water partition coefficient (Wildman–Crippen LogP) is 3.36. The summed E-state index contributed by atoms with van der Waals surface area (Å²) in [6.07, 6.45) is 10.3. The predicted molar refractivity (Wildman–Crippen MR) is 126 cm³/mol. The molecule has 0 unspecified atom stereocenters. The monoisotopic (exact) mass is 467 g/mol. The Morgan fingerprint density at radius 1 is 1.10 bits per heavy atom. The minimum atomic E-state index is -0.0779. The third kappa shape index (κ3) is 7.52. The number of nitrogens with zero attached hydrogens (tertiary/aromatic N) is 3. The fourth-order valence-corrected chi connectivity index (χ4v) is 3.73. The average Bonchev–Trinajstić information content (AvgIpc) is 3.43. The van der Waals surface area contributed by atoms with Crippen LogP contribution in [0.2, 0.25) is 0 Å². The fraction of sp³-hybridized carbons (Fsp3) is 0.500. The normalized spacial score (nSPS) is 16.2. The van der Waals surface area contributed by atoms with E-state index in [-0.39, 0.29) is 36.6 Å². The van der Waals surface area contributed by atoms with Crippen molar-refractivity contribution in [2.45, 2.75) is 44.7 Å². The number of hydrogen-bond acceptors (Lipinski definition) is 4. The van der Waals surface area contributed by atoms with Gasteiger partial charge in [-0.2, -0.15) is 0 Å². The van der Waals surface area contributed by atoms with Crippen molar-refractivity contribution in [3.8, 4) is 0 Å².